The molecular weight excluding hydrogens is 348 g/mol. The molecular formula is C24H28N2O2. The molecule has 0 aliphatic carbocycles. The van der Waals surface area contributed by atoms with Crippen LogP contribution in [0.5, 0.6) is 0 Å². The molecule has 2 aromatic carbocycles. The van der Waals surface area contributed by atoms with E-state index in [9.17, 15) is 4.79 Å². The van der Waals surface area contributed by atoms with Gasteiger partial charge in [-0.1, -0.05) is 42.0 Å². The molecule has 146 valence electrons. The van der Waals surface area contributed by atoms with Crippen LogP contribution in [0.3, 0.4) is 0 Å². The zero-order valence-corrected chi connectivity index (χ0v) is 16.7. The fraction of sp³-hybridized carbons (Fsp3) is 0.458. The lowest BCUT2D eigenvalue weighted by Crippen LogP contribution is -2.47. The molecule has 1 saturated heterocycles. The lowest BCUT2D eigenvalue weighted by molar-refractivity contribution is -0.122. The smallest absolute Gasteiger partial charge is 0.230 e. The van der Waals surface area contributed by atoms with E-state index in [1.54, 1.807) is 0 Å². The van der Waals surface area contributed by atoms with Crippen molar-refractivity contribution < 1.29 is 9.53 Å². The molecule has 3 unspecified atom stereocenters. The van der Waals surface area contributed by atoms with Crippen molar-refractivity contribution in [2.24, 2.45) is 0 Å². The van der Waals surface area contributed by atoms with Gasteiger partial charge in [-0.3, -0.25) is 4.79 Å². The van der Waals surface area contributed by atoms with E-state index >= 15 is 0 Å². The Kier molecular flexibility index (Phi) is 4.48. The summed E-state index contributed by atoms with van der Waals surface area (Å²) in [5.74, 6) is 0.612. The second-order valence-electron chi connectivity index (χ2n) is 8.56. The topological polar surface area (TPSA) is 32.8 Å². The summed E-state index contributed by atoms with van der Waals surface area (Å²) in [6.45, 7) is 4.90. The highest BCUT2D eigenvalue weighted by Gasteiger charge is 2.44. The van der Waals surface area contributed by atoms with Crippen molar-refractivity contribution in [1.29, 1.82) is 0 Å². The van der Waals surface area contributed by atoms with Gasteiger partial charge in [0, 0.05) is 24.2 Å². The first-order valence-corrected chi connectivity index (χ1v) is 10.4. The van der Waals surface area contributed by atoms with Crippen LogP contribution >= 0.6 is 0 Å². The Morgan fingerprint density at radius 1 is 1.18 bits per heavy atom. The lowest BCUT2D eigenvalue weighted by Gasteiger charge is -2.37. The SMILES string of the molecule is Cc1ccc2c(c1)C1CN(C)CCC1N2C(=O)CC1OCCc2ccccc21. The Bertz CT molecular complexity index is 909. The van der Waals surface area contributed by atoms with Crippen LogP contribution in [0, 0.1) is 6.92 Å². The van der Waals surface area contributed by atoms with Crippen LogP contribution < -0.4 is 4.90 Å². The van der Waals surface area contributed by atoms with Crippen molar-refractivity contribution in [3.05, 3.63) is 64.7 Å². The molecule has 2 aromatic rings. The van der Waals surface area contributed by atoms with Gasteiger partial charge in [-0.15, -0.1) is 0 Å². The number of hydrogen-bond acceptors (Lipinski definition) is 3. The molecule has 0 saturated carbocycles. The molecule has 0 bridgehead atoms. The third-order valence-electron chi connectivity index (χ3n) is 6.67. The number of likely N-dealkylation sites (N-methyl/N-ethyl adjacent to an activating group) is 1. The minimum atomic E-state index is -0.128. The van der Waals surface area contributed by atoms with E-state index in [0.29, 0.717) is 18.9 Å². The Balaban J connectivity index is 1.45. The van der Waals surface area contributed by atoms with Crippen molar-refractivity contribution in [2.45, 2.75) is 44.2 Å². The molecule has 5 rings (SSSR count). The first kappa shape index (κ1) is 17.9. The Morgan fingerprint density at radius 3 is 2.93 bits per heavy atom. The average molecular weight is 377 g/mol. The van der Waals surface area contributed by atoms with Gasteiger partial charge < -0.3 is 14.5 Å². The first-order valence-electron chi connectivity index (χ1n) is 10.4. The van der Waals surface area contributed by atoms with Crippen LogP contribution in [-0.4, -0.2) is 43.6 Å². The number of carbonyl (C=O) groups is 1. The van der Waals surface area contributed by atoms with Crippen LogP contribution in [0.2, 0.25) is 0 Å². The molecule has 3 aliphatic rings. The molecule has 1 fully saturated rings. The summed E-state index contributed by atoms with van der Waals surface area (Å²) in [7, 11) is 2.18. The zero-order chi connectivity index (χ0) is 19.3. The highest BCUT2D eigenvalue weighted by Crippen LogP contribution is 2.45. The predicted octanol–water partition coefficient (Wildman–Crippen LogP) is 3.83. The maximum absolute atomic E-state index is 13.5. The maximum Gasteiger partial charge on any atom is 0.230 e. The minimum Gasteiger partial charge on any atom is -0.373 e. The minimum absolute atomic E-state index is 0.128. The molecule has 3 heterocycles. The highest BCUT2D eigenvalue weighted by molar-refractivity contribution is 5.97. The molecule has 28 heavy (non-hydrogen) atoms. The van der Waals surface area contributed by atoms with Gasteiger partial charge in [-0.05, 0) is 56.1 Å². The summed E-state index contributed by atoms with van der Waals surface area (Å²) in [4.78, 5) is 18.0. The summed E-state index contributed by atoms with van der Waals surface area (Å²) in [6.07, 6.45) is 2.26. The number of rotatable bonds is 2. The van der Waals surface area contributed by atoms with Crippen LogP contribution in [-0.2, 0) is 16.0 Å². The van der Waals surface area contributed by atoms with Gasteiger partial charge in [0.1, 0.15) is 0 Å². The van der Waals surface area contributed by atoms with Gasteiger partial charge in [0.2, 0.25) is 5.91 Å². The van der Waals surface area contributed by atoms with Gasteiger partial charge in [0.15, 0.2) is 0 Å². The number of likely N-dealkylation sites (tertiary alicyclic amines) is 1. The summed E-state index contributed by atoms with van der Waals surface area (Å²) in [6, 6.07) is 15.2. The van der Waals surface area contributed by atoms with Gasteiger partial charge in [-0.25, -0.2) is 0 Å². The van der Waals surface area contributed by atoms with Crippen molar-refractivity contribution in [3.63, 3.8) is 0 Å². The lowest BCUT2D eigenvalue weighted by atomic mass is 9.88. The van der Waals surface area contributed by atoms with Crippen LogP contribution in [0.15, 0.2) is 42.5 Å². The number of carbonyl (C=O) groups excluding carboxylic acids is 1. The van der Waals surface area contributed by atoms with Gasteiger partial charge in [0.05, 0.1) is 19.1 Å². The zero-order valence-electron chi connectivity index (χ0n) is 16.7. The largest absolute Gasteiger partial charge is 0.373 e. The molecule has 3 aliphatic heterocycles. The monoisotopic (exact) mass is 376 g/mol. The van der Waals surface area contributed by atoms with Gasteiger partial charge in [-0.2, -0.15) is 0 Å². The quantitative estimate of drug-likeness (QED) is 0.799. The van der Waals surface area contributed by atoms with E-state index < -0.39 is 0 Å². The normalized spacial score (nSPS) is 26.5. The van der Waals surface area contributed by atoms with E-state index in [4.69, 9.17) is 4.74 Å². The molecule has 0 N–H and O–H groups in total. The highest BCUT2D eigenvalue weighted by atomic mass is 16.5. The van der Waals surface area contributed by atoms with E-state index in [1.807, 2.05) is 6.07 Å². The molecule has 0 radical (unpaired) electrons. The van der Waals surface area contributed by atoms with Gasteiger partial charge in [0.25, 0.3) is 0 Å². The average Bonchev–Trinajstić information content (AvgIpc) is 3.01. The fourth-order valence-corrected chi connectivity index (χ4v) is 5.31. The molecule has 0 aromatic heterocycles. The second-order valence-corrected chi connectivity index (χ2v) is 8.56. The summed E-state index contributed by atoms with van der Waals surface area (Å²) in [5.41, 5.74) is 6.23. The Hall–Kier alpha value is -2.17. The Morgan fingerprint density at radius 2 is 2.04 bits per heavy atom. The first-order chi connectivity index (χ1) is 13.6. The van der Waals surface area contributed by atoms with E-state index in [2.05, 4.69) is 60.2 Å². The predicted molar refractivity (Wildman–Crippen MR) is 111 cm³/mol. The third kappa shape index (κ3) is 2.96. The third-order valence-corrected chi connectivity index (χ3v) is 6.67. The van der Waals surface area contributed by atoms with Crippen molar-refractivity contribution in [1.82, 2.24) is 4.90 Å². The number of nitrogens with zero attached hydrogens (tertiary/aromatic N) is 2. The van der Waals surface area contributed by atoms with Crippen molar-refractivity contribution in [2.75, 3.05) is 31.6 Å². The number of benzene rings is 2. The molecule has 4 nitrogen and oxygen atoms in total. The number of fused-ring (bicyclic) bond motifs is 4. The van der Waals surface area contributed by atoms with Crippen LogP contribution in [0.25, 0.3) is 0 Å². The van der Waals surface area contributed by atoms with Crippen molar-refractivity contribution >= 4 is 11.6 Å². The summed E-state index contributed by atoms with van der Waals surface area (Å²) >= 11 is 0. The molecule has 4 heteroatoms. The molecule has 1 amide bonds. The van der Waals surface area contributed by atoms with E-state index in [-0.39, 0.29) is 18.1 Å². The fourth-order valence-electron chi connectivity index (χ4n) is 5.31. The number of aryl methyl sites for hydroxylation is 1. The second kappa shape index (κ2) is 7.02. The van der Waals surface area contributed by atoms with Crippen LogP contribution in [0.1, 0.15) is 47.1 Å². The number of anilines is 1. The number of piperidine rings is 1. The standard InChI is InChI=1S/C24H28N2O2/c1-16-7-8-21-19(13-16)20-15-25(2)11-9-22(20)26(21)24(27)14-23-18-6-4-3-5-17(18)10-12-28-23/h3-8,13,20,22-23H,9-12,14-15H2,1-2H3. The number of amides is 1. The van der Waals surface area contributed by atoms with E-state index in [1.165, 1.54) is 22.3 Å². The van der Waals surface area contributed by atoms with Crippen molar-refractivity contribution in [3.8, 4) is 0 Å². The van der Waals surface area contributed by atoms with Crippen LogP contribution in [0.4, 0.5) is 5.69 Å². The number of hydrogen-bond donors (Lipinski definition) is 0. The summed E-state index contributed by atoms with van der Waals surface area (Å²) < 4.78 is 6.04. The maximum atomic E-state index is 13.5. The van der Waals surface area contributed by atoms with Gasteiger partial charge >= 0.3 is 0 Å². The van der Waals surface area contributed by atoms with E-state index in [0.717, 1.165) is 31.6 Å². The Labute approximate surface area is 167 Å². The number of ether oxygens (including phenoxy) is 1. The molecule has 0 spiro atoms. The summed E-state index contributed by atoms with van der Waals surface area (Å²) in [5, 5.41) is 0. The molecule has 3 atom stereocenters.